The molecule has 1 saturated heterocycles. The van der Waals surface area contributed by atoms with E-state index in [-0.39, 0.29) is 18.1 Å². The fourth-order valence-corrected chi connectivity index (χ4v) is 2.96. The van der Waals surface area contributed by atoms with Gasteiger partial charge in [-0.25, -0.2) is 4.68 Å². The number of amides is 1. The van der Waals surface area contributed by atoms with Gasteiger partial charge in [-0.3, -0.25) is 9.59 Å². The van der Waals surface area contributed by atoms with Gasteiger partial charge in [0.15, 0.2) is 6.61 Å². The SMILES string of the molecule is Cc1ccc(OCC(=O)NC[C@H]2CCN(c3cnn(C)c(=O)c3)C2)cc1. The molecule has 138 valence electrons. The number of hydrogen-bond donors (Lipinski definition) is 1. The lowest BCUT2D eigenvalue weighted by Crippen LogP contribution is -2.34. The van der Waals surface area contributed by atoms with E-state index in [9.17, 15) is 9.59 Å². The maximum atomic E-state index is 12.0. The number of rotatable bonds is 6. The van der Waals surface area contributed by atoms with E-state index in [1.54, 1.807) is 19.3 Å². The molecule has 1 aromatic carbocycles. The van der Waals surface area contributed by atoms with Gasteiger partial charge in [0.1, 0.15) is 5.75 Å². The Labute approximate surface area is 152 Å². The number of ether oxygens (including phenoxy) is 1. The number of anilines is 1. The second-order valence-corrected chi connectivity index (χ2v) is 6.68. The lowest BCUT2D eigenvalue weighted by Gasteiger charge is -2.18. The van der Waals surface area contributed by atoms with Crippen LogP contribution in [0.1, 0.15) is 12.0 Å². The molecule has 0 radical (unpaired) electrons. The Hall–Kier alpha value is -2.83. The van der Waals surface area contributed by atoms with E-state index in [4.69, 9.17) is 4.74 Å². The summed E-state index contributed by atoms with van der Waals surface area (Å²) in [7, 11) is 1.63. The average molecular weight is 356 g/mol. The highest BCUT2D eigenvalue weighted by molar-refractivity contribution is 5.77. The van der Waals surface area contributed by atoms with Gasteiger partial charge >= 0.3 is 0 Å². The van der Waals surface area contributed by atoms with E-state index in [0.29, 0.717) is 18.2 Å². The molecule has 1 aromatic heterocycles. The summed E-state index contributed by atoms with van der Waals surface area (Å²) in [5, 5.41) is 6.98. The van der Waals surface area contributed by atoms with Crippen LogP contribution in [-0.4, -0.2) is 41.9 Å². The monoisotopic (exact) mass is 356 g/mol. The highest BCUT2D eigenvalue weighted by Crippen LogP contribution is 2.21. The van der Waals surface area contributed by atoms with Crippen LogP contribution >= 0.6 is 0 Å². The summed E-state index contributed by atoms with van der Waals surface area (Å²) in [4.78, 5) is 25.8. The minimum Gasteiger partial charge on any atom is -0.484 e. The Bertz CT molecular complexity index is 816. The van der Waals surface area contributed by atoms with Gasteiger partial charge in [-0.2, -0.15) is 5.10 Å². The number of carbonyl (C=O) groups is 1. The standard InChI is InChI=1S/C19H24N4O3/c1-14-3-5-17(6-4-14)26-13-18(24)20-10-15-7-8-23(12-15)16-9-19(25)22(2)21-11-16/h3-6,9,11,15H,7-8,10,12-13H2,1-2H3,(H,20,24)/t15-/m1/s1. The Balaban J connectivity index is 1.42. The second kappa shape index (κ2) is 8.03. The third-order valence-corrected chi connectivity index (χ3v) is 4.58. The molecule has 1 aliphatic rings. The van der Waals surface area contributed by atoms with Crippen molar-refractivity contribution < 1.29 is 9.53 Å². The van der Waals surface area contributed by atoms with Crippen LogP contribution in [0.15, 0.2) is 41.3 Å². The van der Waals surface area contributed by atoms with Crippen LogP contribution in [0.4, 0.5) is 5.69 Å². The molecule has 1 N–H and O–H groups in total. The maximum absolute atomic E-state index is 12.0. The molecular weight excluding hydrogens is 332 g/mol. The predicted molar refractivity (Wildman–Crippen MR) is 99.5 cm³/mol. The van der Waals surface area contributed by atoms with Crippen molar-refractivity contribution in [3.63, 3.8) is 0 Å². The Morgan fingerprint density at radius 1 is 1.35 bits per heavy atom. The number of nitrogens with zero attached hydrogens (tertiary/aromatic N) is 3. The van der Waals surface area contributed by atoms with Gasteiger partial charge in [0, 0.05) is 32.7 Å². The molecule has 7 heteroatoms. The van der Waals surface area contributed by atoms with Crippen molar-refractivity contribution in [1.82, 2.24) is 15.1 Å². The first-order chi connectivity index (χ1) is 12.5. The minimum absolute atomic E-state index is 0.0120. The summed E-state index contributed by atoms with van der Waals surface area (Å²) in [6, 6.07) is 9.22. The molecule has 1 aliphatic heterocycles. The number of aromatic nitrogens is 2. The molecule has 0 aliphatic carbocycles. The number of nitrogens with one attached hydrogen (secondary N) is 1. The van der Waals surface area contributed by atoms with Gasteiger partial charge < -0.3 is 15.0 Å². The highest BCUT2D eigenvalue weighted by Gasteiger charge is 2.23. The molecule has 26 heavy (non-hydrogen) atoms. The van der Waals surface area contributed by atoms with E-state index in [1.165, 1.54) is 4.68 Å². The summed E-state index contributed by atoms with van der Waals surface area (Å²) >= 11 is 0. The van der Waals surface area contributed by atoms with Crippen molar-refractivity contribution in [3.8, 4) is 5.75 Å². The Morgan fingerprint density at radius 3 is 2.85 bits per heavy atom. The lowest BCUT2D eigenvalue weighted by molar-refractivity contribution is -0.123. The molecule has 2 aromatic rings. The Morgan fingerprint density at radius 2 is 2.12 bits per heavy atom. The lowest BCUT2D eigenvalue weighted by atomic mass is 10.1. The first kappa shape index (κ1) is 18.0. The van der Waals surface area contributed by atoms with E-state index in [1.807, 2.05) is 31.2 Å². The van der Waals surface area contributed by atoms with Gasteiger partial charge in [-0.05, 0) is 31.4 Å². The second-order valence-electron chi connectivity index (χ2n) is 6.68. The summed E-state index contributed by atoms with van der Waals surface area (Å²) in [6.45, 7) is 4.27. The summed E-state index contributed by atoms with van der Waals surface area (Å²) < 4.78 is 6.80. The fraction of sp³-hybridized carbons (Fsp3) is 0.421. The van der Waals surface area contributed by atoms with Crippen molar-refractivity contribution in [2.75, 3.05) is 31.1 Å². The van der Waals surface area contributed by atoms with Crippen LogP contribution in [0.25, 0.3) is 0 Å². The van der Waals surface area contributed by atoms with Gasteiger partial charge in [0.25, 0.3) is 11.5 Å². The van der Waals surface area contributed by atoms with Crippen LogP contribution < -0.4 is 20.5 Å². The van der Waals surface area contributed by atoms with E-state index >= 15 is 0 Å². The smallest absolute Gasteiger partial charge is 0.268 e. The first-order valence-corrected chi connectivity index (χ1v) is 8.76. The molecule has 2 heterocycles. The zero-order valence-electron chi connectivity index (χ0n) is 15.1. The van der Waals surface area contributed by atoms with Crippen molar-refractivity contribution in [3.05, 3.63) is 52.4 Å². The zero-order chi connectivity index (χ0) is 18.5. The number of aryl methyl sites for hydroxylation is 2. The van der Waals surface area contributed by atoms with Crippen molar-refractivity contribution in [2.45, 2.75) is 13.3 Å². The van der Waals surface area contributed by atoms with Crippen molar-refractivity contribution in [2.24, 2.45) is 13.0 Å². The largest absolute Gasteiger partial charge is 0.484 e. The maximum Gasteiger partial charge on any atom is 0.268 e. The molecular formula is C19H24N4O3. The topological polar surface area (TPSA) is 76.5 Å². The molecule has 0 spiro atoms. The molecule has 1 fully saturated rings. The molecule has 3 rings (SSSR count). The summed E-state index contributed by atoms with van der Waals surface area (Å²) in [6.07, 6.45) is 2.67. The third kappa shape index (κ3) is 4.62. The van der Waals surface area contributed by atoms with E-state index in [0.717, 1.165) is 30.8 Å². The van der Waals surface area contributed by atoms with Crippen LogP contribution in [0.3, 0.4) is 0 Å². The Kier molecular flexibility index (Phi) is 5.55. The molecule has 1 amide bonds. The molecule has 0 saturated carbocycles. The van der Waals surface area contributed by atoms with Crippen LogP contribution in [-0.2, 0) is 11.8 Å². The molecule has 0 unspecified atom stereocenters. The molecule has 0 bridgehead atoms. The summed E-state index contributed by atoms with van der Waals surface area (Å²) in [5.74, 6) is 0.914. The number of hydrogen-bond acceptors (Lipinski definition) is 5. The van der Waals surface area contributed by atoms with Crippen LogP contribution in [0.2, 0.25) is 0 Å². The number of carbonyl (C=O) groups excluding carboxylic acids is 1. The first-order valence-electron chi connectivity index (χ1n) is 8.76. The number of benzene rings is 1. The van der Waals surface area contributed by atoms with Gasteiger partial charge in [-0.15, -0.1) is 0 Å². The fourth-order valence-electron chi connectivity index (χ4n) is 2.96. The van der Waals surface area contributed by atoms with Crippen LogP contribution in [0, 0.1) is 12.8 Å². The quantitative estimate of drug-likeness (QED) is 0.839. The average Bonchev–Trinajstić information content (AvgIpc) is 3.11. The predicted octanol–water partition coefficient (Wildman–Crippen LogP) is 1.11. The van der Waals surface area contributed by atoms with Gasteiger partial charge in [0.2, 0.25) is 0 Å². The van der Waals surface area contributed by atoms with Crippen molar-refractivity contribution >= 4 is 11.6 Å². The minimum atomic E-state index is -0.126. The van der Waals surface area contributed by atoms with E-state index < -0.39 is 0 Å². The van der Waals surface area contributed by atoms with Gasteiger partial charge in [-0.1, -0.05) is 17.7 Å². The highest BCUT2D eigenvalue weighted by atomic mass is 16.5. The molecule has 1 atom stereocenters. The molecule has 7 nitrogen and oxygen atoms in total. The van der Waals surface area contributed by atoms with E-state index in [2.05, 4.69) is 15.3 Å². The normalized spacial score (nSPS) is 16.5. The third-order valence-electron chi connectivity index (χ3n) is 4.58. The summed E-state index contributed by atoms with van der Waals surface area (Å²) in [5.41, 5.74) is 1.87. The van der Waals surface area contributed by atoms with Crippen LogP contribution in [0.5, 0.6) is 5.75 Å². The van der Waals surface area contributed by atoms with Gasteiger partial charge in [0.05, 0.1) is 11.9 Å². The van der Waals surface area contributed by atoms with Crippen molar-refractivity contribution in [1.29, 1.82) is 0 Å². The zero-order valence-corrected chi connectivity index (χ0v) is 15.1.